The molecule has 29 heavy (non-hydrogen) atoms. The Bertz CT molecular complexity index is 970. The molecular weight excluding hydrogens is 387 g/mol. The second kappa shape index (κ2) is 8.26. The Labute approximate surface area is 164 Å². The van der Waals surface area contributed by atoms with Crippen molar-refractivity contribution in [3.63, 3.8) is 0 Å². The van der Waals surface area contributed by atoms with Gasteiger partial charge in [-0.25, -0.2) is 4.79 Å². The Morgan fingerprint density at radius 2 is 1.79 bits per heavy atom. The van der Waals surface area contributed by atoms with Crippen LogP contribution in [0.15, 0.2) is 60.7 Å². The van der Waals surface area contributed by atoms with Gasteiger partial charge in [-0.2, -0.15) is 18.3 Å². The van der Waals surface area contributed by atoms with Gasteiger partial charge >= 0.3 is 12.3 Å². The molecule has 9 heteroatoms. The van der Waals surface area contributed by atoms with Gasteiger partial charge in [-0.15, -0.1) is 0 Å². The van der Waals surface area contributed by atoms with E-state index >= 15 is 0 Å². The van der Waals surface area contributed by atoms with Gasteiger partial charge in [0, 0.05) is 0 Å². The highest BCUT2D eigenvalue weighted by Crippen LogP contribution is 2.33. The average Bonchev–Trinajstić information content (AvgIpc) is 3.11. The summed E-state index contributed by atoms with van der Waals surface area (Å²) in [7, 11) is 1.52. The molecule has 0 saturated carbocycles. The number of carbonyl (C=O) groups is 1. The first-order valence-electron chi connectivity index (χ1n) is 8.57. The van der Waals surface area contributed by atoms with Crippen LogP contribution >= 0.6 is 0 Å². The van der Waals surface area contributed by atoms with E-state index in [1.807, 2.05) is 0 Å². The number of carbonyl (C=O) groups excluding carboxylic acids is 1. The van der Waals surface area contributed by atoms with E-state index in [-0.39, 0.29) is 12.2 Å². The Morgan fingerprint density at radius 3 is 2.34 bits per heavy atom. The summed E-state index contributed by atoms with van der Waals surface area (Å²) in [6.07, 6.45) is -6.91. The van der Waals surface area contributed by atoms with Crippen molar-refractivity contribution in [2.24, 2.45) is 5.73 Å². The standard InChI is InChI=1S/C20H18F3N3O3/c1-28-15-9-7-13(8-10-15)12-26-16(11-17(25-26)20(21,22)23)18(29-19(24)27)14-5-3-2-4-6-14/h2-11,18H,12H2,1H3,(H2,24,27). The molecule has 3 aromatic rings. The summed E-state index contributed by atoms with van der Waals surface area (Å²) in [6.45, 7) is 0.0286. The molecule has 0 radical (unpaired) electrons. The number of hydrogen-bond acceptors (Lipinski definition) is 4. The summed E-state index contributed by atoms with van der Waals surface area (Å²) in [5.74, 6) is 0.615. The average molecular weight is 405 g/mol. The number of alkyl halides is 3. The van der Waals surface area contributed by atoms with Gasteiger partial charge in [-0.3, -0.25) is 4.68 Å². The molecule has 0 aliphatic carbocycles. The summed E-state index contributed by atoms with van der Waals surface area (Å²) in [4.78, 5) is 11.4. The van der Waals surface area contributed by atoms with Gasteiger partial charge in [-0.05, 0) is 29.3 Å². The third-order valence-electron chi connectivity index (χ3n) is 4.20. The van der Waals surface area contributed by atoms with E-state index in [9.17, 15) is 18.0 Å². The van der Waals surface area contributed by atoms with Crippen LogP contribution in [0.25, 0.3) is 0 Å². The van der Waals surface area contributed by atoms with Crippen LogP contribution in [0.2, 0.25) is 0 Å². The summed E-state index contributed by atoms with van der Waals surface area (Å²) < 4.78 is 51.4. The summed E-state index contributed by atoms with van der Waals surface area (Å²) in [5.41, 5.74) is 5.29. The van der Waals surface area contributed by atoms with E-state index < -0.39 is 24.1 Å². The monoisotopic (exact) mass is 405 g/mol. The molecule has 0 aliphatic heterocycles. The van der Waals surface area contributed by atoms with E-state index in [1.54, 1.807) is 54.6 Å². The number of hydrogen-bond donors (Lipinski definition) is 1. The van der Waals surface area contributed by atoms with Gasteiger partial charge in [0.15, 0.2) is 11.8 Å². The van der Waals surface area contributed by atoms with Gasteiger partial charge in [0.05, 0.1) is 19.3 Å². The number of nitrogens with zero attached hydrogens (tertiary/aromatic N) is 2. The molecule has 0 fully saturated rings. The number of aromatic nitrogens is 2. The van der Waals surface area contributed by atoms with Crippen molar-refractivity contribution in [2.75, 3.05) is 7.11 Å². The number of nitrogens with two attached hydrogens (primary N) is 1. The maximum atomic E-state index is 13.3. The molecule has 152 valence electrons. The molecule has 2 aromatic carbocycles. The maximum absolute atomic E-state index is 13.3. The van der Waals surface area contributed by atoms with Crippen LogP contribution in [0, 0.1) is 0 Å². The van der Waals surface area contributed by atoms with Crippen LogP contribution < -0.4 is 10.5 Å². The van der Waals surface area contributed by atoms with Crippen molar-refractivity contribution < 1.29 is 27.4 Å². The van der Waals surface area contributed by atoms with Crippen LogP contribution in [0.5, 0.6) is 5.75 Å². The van der Waals surface area contributed by atoms with Gasteiger partial charge in [0.1, 0.15) is 5.75 Å². The van der Waals surface area contributed by atoms with Crippen molar-refractivity contribution in [1.29, 1.82) is 0 Å². The second-order valence-corrected chi connectivity index (χ2v) is 6.19. The van der Waals surface area contributed by atoms with E-state index in [4.69, 9.17) is 15.2 Å². The highest BCUT2D eigenvalue weighted by Gasteiger charge is 2.36. The summed E-state index contributed by atoms with van der Waals surface area (Å²) >= 11 is 0. The SMILES string of the molecule is COc1ccc(Cn2nc(C(F)(F)F)cc2C(OC(N)=O)c2ccccc2)cc1. The van der Waals surface area contributed by atoms with E-state index in [2.05, 4.69) is 5.10 Å². The third-order valence-corrected chi connectivity index (χ3v) is 4.20. The summed E-state index contributed by atoms with van der Waals surface area (Å²) in [6, 6.07) is 16.0. The second-order valence-electron chi connectivity index (χ2n) is 6.19. The molecule has 0 aliphatic rings. The first-order valence-corrected chi connectivity index (χ1v) is 8.57. The third kappa shape index (κ3) is 4.87. The first kappa shape index (κ1) is 20.2. The van der Waals surface area contributed by atoms with Gasteiger partial charge in [0.25, 0.3) is 0 Å². The zero-order valence-corrected chi connectivity index (χ0v) is 15.4. The molecule has 1 amide bonds. The Morgan fingerprint density at radius 1 is 1.14 bits per heavy atom. The normalized spacial score (nSPS) is 12.4. The largest absolute Gasteiger partial charge is 0.497 e. The Kier molecular flexibility index (Phi) is 5.76. The minimum atomic E-state index is -4.66. The lowest BCUT2D eigenvalue weighted by Crippen LogP contribution is -2.21. The Hall–Kier alpha value is -3.49. The number of rotatable bonds is 6. The van der Waals surface area contributed by atoms with Gasteiger partial charge in [0.2, 0.25) is 0 Å². The Balaban J connectivity index is 2.06. The zero-order valence-electron chi connectivity index (χ0n) is 15.4. The predicted octanol–water partition coefficient (Wildman–Crippen LogP) is 4.14. The number of ether oxygens (including phenoxy) is 2. The molecule has 3 rings (SSSR count). The molecule has 1 atom stereocenters. The van der Waals surface area contributed by atoms with E-state index in [0.29, 0.717) is 16.9 Å². The summed E-state index contributed by atoms with van der Waals surface area (Å²) in [5, 5.41) is 3.70. The van der Waals surface area contributed by atoms with Gasteiger partial charge < -0.3 is 15.2 Å². The van der Waals surface area contributed by atoms with Crippen LogP contribution in [0.3, 0.4) is 0 Å². The molecule has 1 unspecified atom stereocenters. The van der Waals surface area contributed by atoms with Crippen molar-refractivity contribution >= 4 is 6.09 Å². The predicted molar refractivity (Wildman–Crippen MR) is 98.3 cm³/mol. The molecule has 2 N–H and O–H groups in total. The molecule has 1 aromatic heterocycles. The highest BCUT2D eigenvalue weighted by molar-refractivity contribution is 5.65. The molecule has 0 saturated heterocycles. The fourth-order valence-electron chi connectivity index (χ4n) is 2.85. The van der Waals surface area contributed by atoms with Crippen molar-refractivity contribution in [3.8, 4) is 5.75 Å². The van der Waals surface area contributed by atoms with Crippen LogP contribution in [0.4, 0.5) is 18.0 Å². The van der Waals surface area contributed by atoms with Crippen LogP contribution in [0.1, 0.15) is 28.6 Å². The minimum absolute atomic E-state index is 0.0286. The van der Waals surface area contributed by atoms with E-state index in [1.165, 1.54) is 7.11 Å². The van der Waals surface area contributed by atoms with Crippen LogP contribution in [-0.2, 0) is 17.5 Å². The van der Waals surface area contributed by atoms with Crippen molar-refractivity contribution in [3.05, 3.63) is 83.2 Å². The fourth-order valence-corrected chi connectivity index (χ4v) is 2.85. The molecule has 1 heterocycles. The lowest BCUT2D eigenvalue weighted by Gasteiger charge is -2.18. The highest BCUT2D eigenvalue weighted by atomic mass is 19.4. The van der Waals surface area contributed by atoms with Crippen LogP contribution in [-0.4, -0.2) is 23.0 Å². The molecule has 6 nitrogen and oxygen atoms in total. The zero-order chi connectivity index (χ0) is 21.0. The molecule has 0 spiro atoms. The molecular formula is C20H18F3N3O3. The van der Waals surface area contributed by atoms with E-state index in [0.717, 1.165) is 10.7 Å². The number of amides is 1. The number of benzene rings is 2. The maximum Gasteiger partial charge on any atom is 0.435 e. The van der Waals surface area contributed by atoms with Crippen molar-refractivity contribution in [1.82, 2.24) is 9.78 Å². The van der Waals surface area contributed by atoms with Crippen molar-refractivity contribution in [2.45, 2.75) is 18.8 Å². The quantitative estimate of drug-likeness (QED) is 0.668. The molecule has 0 bridgehead atoms. The lowest BCUT2D eigenvalue weighted by molar-refractivity contribution is -0.141. The smallest absolute Gasteiger partial charge is 0.435 e. The lowest BCUT2D eigenvalue weighted by atomic mass is 10.1. The fraction of sp³-hybridized carbons (Fsp3) is 0.200. The number of halogens is 3. The topological polar surface area (TPSA) is 79.4 Å². The number of primary amides is 1. The first-order chi connectivity index (χ1) is 13.8. The minimum Gasteiger partial charge on any atom is -0.497 e. The number of methoxy groups -OCH3 is 1. The van der Waals surface area contributed by atoms with Gasteiger partial charge in [-0.1, -0.05) is 42.5 Å².